The molecule has 0 atom stereocenters. The highest BCUT2D eigenvalue weighted by atomic mass is 16.5. The molecule has 3 rings (SSSR count). The fourth-order valence-corrected chi connectivity index (χ4v) is 3.47. The number of carbonyl (C=O) groups is 1. The minimum absolute atomic E-state index is 0.0699. The lowest BCUT2D eigenvalue weighted by Gasteiger charge is -2.36. The summed E-state index contributed by atoms with van der Waals surface area (Å²) in [5.74, 6) is 0.845. The van der Waals surface area contributed by atoms with Crippen molar-refractivity contribution in [2.45, 2.75) is 44.1 Å². The first kappa shape index (κ1) is 13.4. The largest absolute Gasteiger partial charge is 0.495 e. The van der Waals surface area contributed by atoms with E-state index < -0.39 is 5.54 Å². The van der Waals surface area contributed by atoms with Crippen molar-refractivity contribution in [1.82, 2.24) is 0 Å². The monoisotopic (exact) mass is 274 g/mol. The van der Waals surface area contributed by atoms with Gasteiger partial charge in [0.15, 0.2) is 0 Å². The van der Waals surface area contributed by atoms with E-state index in [0.29, 0.717) is 0 Å². The number of rotatable bonds is 2. The van der Waals surface area contributed by atoms with Crippen molar-refractivity contribution in [2.24, 2.45) is 5.73 Å². The lowest BCUT2D eigenvalue weighted by atomic mass is 9.93. The van der Waals surface area contributed by atoms with Crippen LogP contribution in [0.2, 0.25) is 0 Å². The van der Waals surface area contributed by atoms with E-state index in [4.69, 9.17) is 10.5 Å². The number of aryl methyl sites for hydroxylation is 1. The number of hydrogen-bond acceptors (Lipinski definition) is 3. The van der Waals surface area contributed by atoms with Crippen LogP contribution in [0.15, 0.2) is 18.2 Å². The second kappa shape index (κ2) is 5.09. The van der Waals surface area contributed by atoms with Crippen LogP contribution in [0.3, 0.4) is 0 Å². The van der Waals surface area contributed by atoms with Gasteiger partial charge in [0.05, 0.1) is 18.3 Å². The maximum atomic E-state index is 12.9. The Morgan fingerprint density at radius 3 is 2.75 bits per heavy atom. The number of nitrogens with zero attached hydrogens (tertiary/aromatic N) is 1. The minimum atomic E-state index is -0.671. The van der Waals surface area contributed by atoms with E-state index >= 15 is 0 Å². The number of methoxy groups -OCH3 is 1. The van der Waals surface area contributed by atoms with Crippen LogP contribution in [-0.4, -0.2) is 25.1 Å². The molecule has 2 aliphatic rings. The van der Waals surface area contributed by atoms with Crippen molar-refractivity contribution in [3.8, 4) is 5.75 Å². The number of fused-ring (bicyclic) bond motifs is 1. The number of carbonyl (C=O) groups excluding carboxylic acids is 1. The summed E-state index contributed by atoms with van der Waals surface area (Å²) in [4.78, 5) is 14.8. The van der Waals surface area contributed by atoms with Crippen molar-refractivity contribution in [2.75, 3.05) is 18.6 Å². The molecule has 1 aromatic carbocycles. The van der Waals surface area contributed by atoms with Gasteiger partial charge in [-0.2, -0.15) is 0 Å². The first-order valence-electron chi connectivity index (χ1n) is 7.42. The smallest absolute Gasteiger partial charge is 0.247 e. The van der Waals surface area contributed by atoms with E-state index in [9.17, 15) is 4.79 Å². The molecule has 0 unspecified atom stereocenters. The average molecular weight is 274 g/mol. The standard InChI is InChI=1S/C16H22N2O2/c1-20-13-8-4-6-12-7-5-11-18(14(12)13)15(19)16(17)9-2-3-10-16/h4,6,8H,2-3,5,7,9-11,17H2,1H3. The van der Waals surface area contributed by atoms with Crippen LogP contribution in [0.25, 0.3) is 0 Å². The Kier molecular flexibility index (Phi) is 3.42. The molecule has 0 bridgehead atoms. The third-order valence-corrected chi connectivity index (χ3v) is 4.57. The maximum Gasteiger partial charge on any atom is 0.247 e. The number of anilines is 1. The predicted octanol–water partition coefficient (Wildman–Crippen LogP) is 2.25. The van der Waals surface area contributed by atoms with E-state index in [1.54, 1.807) is 7.11 Å². The Morgan fingerprint density at radius 2 is 2.05 bits per heavy atom. The third-order valence-electron chi connectivity index (χ3n) is 4.57. The minimum Gasteiger partial charge on any atom is -0.495 e. The molecule has 4 nitrogen and oxygen atoms in total. The van der Waals surface area contributed by atoms with Gasteiger partial charge in [0.1, 0.15) is 5.75 Å². The molecular weight excluding hydrogens is 252 g/mol. The van der Waals surface area contributed by atoms with Gasteiger partial charge < -0.3 is 15.4 Å². The first-order chi connectivity index (χ1) is 9.65. The van der Waals surface area contributed by atoms with E-state index in [2.05, 4.69) is 6.07 Å². The van der Waals surface area contributed by atoms with E-state index in [0.717, 1.165) is 56.5 Å². The summed E-state index contributed by atoms with van der Waals surface area (Å²) in [5, 5.41) is 0. The molecule has 20 heavy (non-hydrogen) atoms. The highest BCUT2D eigenvalue weighted by Gasteiger charge is 2.41. The van der Waals surface area contributed by atoms with Gasteiger partial charge in [-0.25, -0.2) is 0 Å². The molecule has 108 valence electrons. The molecule has 0 aromatic heterocycles. The molecular formula is C16H22N2O2. The Hall–Kier alpha value is -1.55. The number of benzene rings is 1. The van der Waals surface area contributed by atoms with E-state index in [1.807, 2.05) is 17.0 Å². The highest BCUT2D eigenvalue weighted by Crippen LogP contribution is 2.39. The lowest BCUT2D eigenvalue weighted by molar-refractivity contribution is -0.123. The summed E-state index contributed by atoms with van der Waals surface area (Å²) in [7, 11) is 1.65. The zero-order valence-electron chi connectivity index (χ0n) is 12.0. The van der Waals surface area contributed by atoms with Gasteiger partial charge in [-0.05, 0) is 37.3 Å². The Labute approximate surface area is 119 Å². The van der Waals surface area contributed by atoms with Crippen molar-refractivity contribution >= 4 is 11.6 Å². The number of amides is 1. The molecule has 1 amide bonds. The molecule has 0 radical (unpaired) electrons. The van der Waals surface area contributed by atoms with Gasteiger partial charge in [-0.15, -0.1) is 0 Å². The van der Waals surface area contributed by atoms with Crippen LogP contribution in [0.1, 0.15) is 37.7 Å². The average Bonchev–Trinajstić information content (AvgIpc) is 2.93. The van der Waals surface area contributed by atoms with Crippen molar-refractivity contribution in [3.63, 3.8) is 0 Å². The normalized spacial score (nSPS) is 20.6. The Bertz CT molecular complexity index is 507. The zero-order chi connectivity index (χ0) is 14.2. The molecule has 1 aliphatic carbocycles. The number of hydrogen-bond donors (Lipinski definition) is 1. The summed E-state index contributed by atoms with van der Waals surface area (Å²) >= 11 is 0. The lowest BCUT2D eigenvalue weighted by Crippen LogP contribution is -2.55. The van der Waals surface area contributed by atoms with Crippen LogP contribution in [-0.2, 0) is 11.2 Å². The SMILES string of the molecule is COc1cccc2c1N(C(=O)C1(N)CCCC1)CCC2. The molecule has 0 spiro atoms. The predicted molar refractivity (Wildman–Crippen MR) is 79.1 cm³/mol. The van der Waals surface area contributed by atoms with Crippen LogP contribution in [0.5, 0.6) is 5.75 Å². The molecule has 1 aromatic rings. The van der Waals surface area contributed by atoms with Crippen molar-refractivity contribution in [3.05, 3.63) is 23.8 Å². The van der Waals surface area contributed by atoms with Gasteiger partial charge in [-0.1, -0.05) is 25.0 Å². The second-order valence-corrected chi connectivity index (χ2v) is 5.89. The molecule has 1 saturated carbocycles. The quantitative estimate of drug-likeness (QED) is 0.900. The van der Waals surface area contributed by atoms with Crippen molar-refractivity contribution in [1.29, 1.82) is 0 Å². The van der Waals surface area contributed by atoms with Gasteiger partial charge in [0.25, 0.3) is 0 Å². The first-order valence-corrected chi connectivity index (χ1v) is 7.42. The van der Waals surface area contributed by atoms with Gasteiger partial charge in [0, 0.05) is 6.54 Å². The Morgan fingerprint density at radius 1 is 1.30 bits per heavy atom. The second-order valence-electron chi connectivity index (χ2n) is 5.89. The molecule has 1 heterocycles. The topological polar surface area (TPSA) is 55.6 Å². The molecule has 2 N–H and O–H groups in total. The summed E-state index contributed by atoms with van der Waals surface area (Å²) in [6.07, 6.45) is 5.68. The van der Waals surface area contributed by atoms with E-state index in [1.165, 1.54) is 5.56 Å². The van der Waals surface area contributed by atoms with Crippen molar-refractivity contribution < 1.29 is 9.53 Å². The summed E-state index contributed by atoms with van der Waals surface area (Å²) < 4.78 is 5.45. The van der Waals surface area contributed by atoms with Crippen LogP contribution in [0, 0.1) is 0 Å². The summed E-state index contributed by atoms with van der Waals surface area (Å²) in [6.45, 7) is 0.741. The molecule has 1 fully saturated rings. The molecule has 4 heteroatoms. The third kappa shape index (κ3) is 2.08. The number of nitrogens with two attached hydrogens (primary N) is 1. The molecule has 1 aliphatic heterocycles. The number of para-hydroxylation sites is 1. The van der Waals surface area contributed by atoms with Gasteiger partial charge in [-0.3, -0.25) is 4.79 Å². The number of ether oxygens (including phenoxy) is 1. The molecule has 0 saturated heterocycles. The maximum absolute atomic E-state index is 12.9. The highest BCUT2D eigenvalue weighted by molar-refractivity contribution is 6.02. The zero-order valence-corrected chi connectivity index (χ0v) is 12.0. The fourth-order valence-electron chi connectivity index (χ4n) is 3.47. The summed E-state index contributed by atoms with van der Waals surface area (Å²) in [6, 6.07) is 5.98. The fraction of sp³-hybridized carbons (Fsp3) is 0.562. The Balaban J connectivity index is 1.99. The van der Waals surface area contributed by atoms with Gasteiger partial charge >= 0.3 is 0 Å². The summed E-state index contributed by atoms with van der Waals surface area (Å²) in [5.41, 5.74) is 7.80. The van der Waals surface area contributed by atoms with E-state index in [-0.39, 0.29) is 5.91 Å². The van der Waals surface area contributed by atoms with Crippen LogP contribution in [0.4, 0.5) is 5.69 Å². The van der Waals surface area contributed by atoms with Crippen LogP contribution < -0.4 is 15.4 Å². The van der Waals surface area contributed by atoms with Crippen LogP contribution >= 0.6 is 0 Å². The van der Waals surface area contributed by atoms with Gasteiger partial charge in [0.2, 0.25) is 5.91 Å².